The summed E-state index contributed by atoms with van der Waals surface area (Å²) in [5.41, 5.74) is 8.13. The van der Waals surface area contributed by atoms with Crippen LogP contribution in [-0.4, -0.2) is 15.7 Å². The first-order valence-electron chi connectivity index (χ1n) is 5.89. The highest BCUT2D eigenvalue weighted by atomic mass is 127. The Morgan fingerprint density at radius 1 is 1.53 bits per heavy atom. The molecule has 3 N–H and O–H groups in total. The minimum absolute atomic E-state index is 0.0424. The van der Waals surface area contributed by atoms with E-state index in [0.717, 1.165) is 14.8 Å². The molecule has 19 heavy (non-hydrogen) atoms. The summed E-state index contributed by atoms with van der Waals surface area (Å²) in [7, 11) is 0. The number of aryl methyl sites for hydroxylation is 1. The van der Waals surface area contributed by atoms with Crippen LogP contribution in [0.5, 0.6) is 0 Å². The predicted octanol–water partition coefficient (Wildman–Crippen LogP) is 2.41. The summed E-state index contributed by atoms with van der Waals surface area (Å²) < 4.78 is 2.82. The molecule has 6 heteroatoms. The number of halogens is 1. The maximum absolute atomic E-state index is 11.9. The normalized spacial score (nSPS) is 10.4. The summed E-state index contributed by atoms with van der Waals surface area (Å²) in [6, 6.07) is 5.49. The lowest BCUT2D eigenvalue weighted by molar-refractivity contribution is -0.116. The molecule has 0 saturated carbocycles. The molecule has 100 valence electrons. The fourth-order valence-corrected chi connectivity index (χ4v) is 2.12. The minimum atomic E-state index is -0.0424. The van der Waals surface area contributed by atoms with Crippen LogP contribution in [0.15, 0.2) is 30.6 Å². The van der Waals surface area contributed by atoms with Gasteiger partial charge in [0.25, 0.3) is 0 Å². The van der Waals surface area contributed by atoms with E-state index in [9.17, 15) is 4.79 Å². The van der Waals surface area contributed by atoms with E-state index in [2.05, 4.69) is 33.0 Å². The van der Waals surface area contributed by atoms with Crippen LogP contribution in [0.3, 0.4) is 0 Å². The Morgan fingerprint density at radius 2 is 2.32 bits per heavy atom. The maximum atomic E-state index is 11.9. The number of nitrogens with zero attached hydrogens (tertiary/aromatic N) is 2. The van der Waals surface area contributed by atoms with Gasteiger partial charge < -0.3 is 11.1 Å². The second-order valence-electron chi connectivity index (χ2n) is 4.24. The fourth-order valence-electron chi connectivity index (χ4n) is 1.68. The number of hydrogen-bond donors (Lipinski definition) is 2. The first-order valence-corrected chi connectivity index (χ1v) is 6.97. The molecule has 5 nitrogen and oxygen atoms in total. The highest BCUT2D eigenvalue weighted by Gasteiger charge is 2.06. The molecule has 2 rings (SSSR count). The quantitative estimate of drug-likeness (QED) is 0.641. The number of anilines is 2. The summed E-state index contributed by atoms with van der Waals surface area (Å²) >= 11 is 2.19. The number of nitrogens with two attached hydrogens (primary N) is 1. The van der Waals surface area contributed by atoms with Crippen LogP contribution < -0.4 is 11.1 Å². The molecule has 1 aromatic heterocycles. The number of aromatic nitrogens is 2. The molecule has 0 aliphatic carbocycles. The lowest BCUT2D eigenvalue weighted by atomic mass is 10.1. The number of carbonyl (C=O) groups excluding carboxylic acids is 1. The van der Waals surface area contributed by atoms with Crippen LogP contribution in [0.1, 0.15) is 12.0 Å². The third-order valence-corrected chi connectivity index (χ3v) is 3.38. The summed E-state index contributed by atoms with van der Waals surface area (Å²) in [6.07, 6.45) is 4.05. The van der Waals surface area contributed by atoms with Crippen molar-refractivity contribution in [3.8, 4) is 0 Å². The zero-order valence-corrected chi connectivity index (χ0v) is 12.7. The van der Waals surface area contributed by atoms with Crippen LogP contribution in [0.2, 0.25) is 0 Å². The van der Waals surface area contributed by atoms with Gasteiger partial charge in [-0.15, -0.1) is 0 Å². The average molecular weight is 370 g/mol. The molecule has 0 aliphatic heterocycles. The van der Waals surface area contributed by atoms with E-state index in [0.29, 0.717) is 18.7 Å². The van der Waals surface area contributed by atoms with Crippen molar-refractivity contribution in [3.63, 3.8) is 0 Å². The number of hydrogen-bond acceptors (Lipinski definition) is 3. The number of amides is 1. The Kier molecular flexibility index (Phi) is 4.41. The van der Waals surface area contributed by atoms with E-state index < -0.39 is 0 Å². The predicted molar refractivity (Wildman–Crippen MR) is 83.8 cm³/mol. The molecule has 1 aromatic carbocycles. The van der Waals surface area contributed by atoms with Crippen molar-refractivity contribution in [2.45, 2.75) is 19.9 Å². The smallest absolute Gasteiger partial charge is 0.226 e. The van der Waals surface area contributed by atoms with Gasteiger partial charge >= 0.3 is 0 Å². The van der Waals surface area contributed by atoms with Gasteiger partial charge in [0.2, 0.25) is 5.91 Å². The highest BCUT2D eigenvalue weighted by Crippen LogP contribution is 2.20. The van der Waals surface area contributed by atoms with Crippen molar-refractivity contribution in [1.29, 1.82) is 0 Å². The molecule has 0 saturated heterocycles. The third-order valence-electron chi connectivity index (χ3n) is 2.82. The first-order chi connectivity index (χ1) is 9.06. The largest absolute Gasteiger partial charge is 0.398 e. The molecule has 1 heterocycles. The Bertz CT molecular complexity index is 594. The fraction of sp³-hybridized carbons (Fsp3) is 0.231. The SMILES string of the molecule is Cc1c(N)cccc1NC(=O)CCn1cc(I)cn1. The molecule has 0 spiro atoms. The second-order valence-corrected chi connectivity index (χ2v) is 5.49. The van der Waals surface area contributed by atoms with Gasteiger partial charge in [0.05, 0.1) is 9.77 Å². The first kappa shape index (κ1) is 13.9. The molecule has 1 amide bonds. The van der Waals surface area contributed by atoms with E-state index in [1.54, 1.807) is 10.9 Å². The Balaban J connectivity index is 1.92. The van der Waals surface area contributed by atoms with Crippen LogP contribution in [0.25, 0.3) is 0 Å². The molecule has 0 aliphatic rings. The molecule has 0 radical (unpaired) electrons. The summed E-state index contributed by atoms with van der Waals surface area (Å²) in [5, 5.41) is 7.00. The molecular weight excluding hydrogens is 355 g/mol. The minimum Gasteiger partial charge on any atom is -0.398 e. The third kappa shape index (κ3) is 3.69. The molecule has 2 aromatic rings. The van der Waals surface area contributed by atoms with Gasteiger partial charge in [-0.2, -0.15) is 5.10 Å². The molecule has 0 atom stereocenters. The van der Waals surface area contributed by atoms with Gasteiger partial charge in [-0.3, -0.25) is 9.48 Å². The number of rotatable bonds is 4. The summed E-state index contributed by atoms with van der Waals surface area (Å²) in [6.45, 7) is 2.46. The van der Waals surface area contributed by atoms with E-state index in [1.165, 1.54) is 0 Å². The van der Waals surface area contributed by atoms with Crippen molar-refractivity contribution < 1.29 is 4.79 Å². The highest BCUT2D eigenvalue weighted by molar-refractivity contribution is 14.1. The molecule has 0 unspecified atom stereocenters. The van der Waals surface area contributed by atoms with Crippen molar-refractivity contribution in [2.75, 3.05) is 11.1 Å². The molecule has 0 bridgehead atoms. The van der Waals surface area contributed by atoms with Crippen LogP contribution in [-0.2, 0) is 11.3 Å². The van der Waals surface area contributed by atoms with Gasteiger partial charge in [-0.1, -0.05) is 6.07 Å². The maximum Gasteiger partial charge on any atom is 0.226 e. The number of benzene rings is 1. The van der Waals surface area contributed by atoms with Crippen LogP contribution in [0.4, 0.5) is 11.4 Å². The van der Waals surface area contributed by atoms with Gasteiger partial charge in [0, 0.05) is 30.5 Å². The van der Waals surface area contributed by atoms with E-state index >= 15 is 0 Å². The van der Waals surface area contributed by atoms with Gasteiger partial charge in [-0.25, -0.2) is 0 Å². The van der Waals surface area contributed by atoms with Crippen molar-refractivity contribution in [2.24, 2.45) is 0 Å². The van der Waals surface area contributed by atoms with Crippen molar-refractivity contribution in [3.05, 3.63) is 39.7 Å². The average Bonchev–Trinajstić information content (AvgIpc) is 2.78. The Hall–Kier alpha value is -1.57. The Labute approximate surface area is 125 Å². The van der Waals surface area contributed by atoms with Crippen molar-refractivity contribution >= 4 is 39.9 Å². The number of nitrogen functional groups attached to an aromatic ring is 1. The monoisotopic (exact) mass is 370 g/mol. The topological polar surface area (TPSA) is 72.9 Å². The van der Waals surface area contributed by atoms with Gasteiger partial charge in [-0.05, 0) is 47.2 Å². The van der Waals surface area contributed by atoms with Crippen LogP contribution >= 0.6 is 22.6 Å². The second kappa shape index (κ2) is 6.05. The zero-order valence-electron chi connectivity index (χ0n) is 10.6. The number of nitrogens with one attached hydrogen (secondary N) is 1. The zero-order chi connectivity index (χ0) is 13.8. The molecular formula is C13H15IN4O. The number of carbonyl (C=O) groups is 1. The standard InChI is InChI=1S/C13H15IN4O/c1-9-11(15)3-2-4-12(9)17-13(19)5-6-18-8-10(14)7-16-18/h2-4,7-8H,5-6,15H2,1H3,(H,17,19). The van der Waals surface area contributed by atoms with E-state index in [4.69, 9.17) is 5.73 Å². The summed E-state index contributed by atoms with van der Waals surface area (Å²) in [5.74, 6) is -0.0424. The Morgan fingerprint density at radius 3 is 3.00 bits per heavy atom. The van der Waals surface area contributed by atoms with E-state index in [1.807, 2.05) is 31.3 Å². The van der Waals surface area contributed by atoms with Crippen LogP contribution in [0, 0.1) is 10.5 Å². The van der Waals surface area contributed by atoms with Gasteiger partial charge in [0.1, 0.15) is 0 Å². The van der Waals surface area contributed by atoms with Crippen molar-refractivity contribution in [1.82, 2.24) is 9.78 Å². The summed E-state index contributed by atoms with van der Waals surface area (Å²) in [4.78, 5) is 11.9. The van der Waals surface area contributed by atoms with E-state index in [-0.39, 0.29) is 5.91 Å². The lowest BCUT2D eigenvalue weighted by Gasteiger charge is -2.10. The van der Waals surface area contributed by atoms with Gasteiger partial charge in [0.15, 0.2) is 0 Å². The lowest BCUT2D eigenvalue weighted by Crippen LogP contribution is -2.15. The molecule has 0 fully saturated rings.